The van der Waals surface area contributed by atoms with Crippen molar-refractivity contribution in [3.05, 3.63) is 42.0 Å². The molecule has 4 heteroatoms. The minimum absolute atomic E-state index is 0. The molecule has 1 aliphatic heterocycles. The molecule has 1 aliphatic rings. The SMILES string of the molecule is CN1CC(C)(O)C(=O)CC1/C=C/c1ccccc1.Cl. The average Bonchev–Trinajstić information content (AvgIpc) is 2.33. The molecule has 0 aliphatic carbocycles. The van der Waals surface area contributed by atoms with Crippen molar-refractivity contribution in [2.24, 2.45) is 0 Å². The summed E-state index contributed by atoms with van der Waals surface area (Å²) >= 11 is 0. The van der Waals surface area contributed by atoms with Crippen LogP contribution in [0.1, 0.15) is 18.9 Å². The Labute approximate surface area is 120 Å². The molecule has 3 nitrogen and oxygen atoms in total. The Bertz CT molecular complexity index is 456. The molecule has 1 N–H and O–H groups in total. The molecule has 19 heavy (non-hydrogen) atoms. The highest BCUT2D eigenvalue weighted by Gasteiger charge is 2.38. The van der Waals surface area contributed by atoms with Gasteiger partial charge in [0.05, 0.1) is 0 Å². The van der Waals surface area contributed by atoms with Gasteiger partial charge in [-0.3, -0.25) is 9.69 Å². The first kappa shape index (κ1) is 15.9. The van der Waals surface area contributed by atoms with Gasteiger partial charge >= 0.3 is 0 Å². The zero-order valence-corrected chi connectivity index (χ0v) is 12.1. The lowest BCUT2D eigenvalue weighted by molar-refractivity contribution is -0.143. The van der Waals surface area contributed by atoms with Crippen LogP contribution in [0.3, 0.4) is 0 Å². The van der Waals surface area contributed by atoms with Gasteiger partial charge in [-0.15, -0.1) is 12.4 Å². The van der Waals surface area contributed by atoms with Gasteiger partial charge in [0.1, 0.15) is 5.60 Å². The summed E-state index contributed by atoms with van der Waals surface area (Å²) in [4.78, 5) is 13.8. The number of benzene rings is 1. The van der Waals surface area contributed by atoms with Crippen LogP contribution in [0.25, 0.3) is 6.08 Å². The number of carbonyl (C=O) groups excluding carboxylic acids is 1. The van der Waals surface area contributed by atoms with E-state index in [0.717, 1.165) is 5.56 Å². The lowest BCUT2D eigenvalue weighted by atomic mass is 9.89. The highest BCUT2D eigenvalue weighted by molar-refractivity contribution is 5.88. The van der Waals surface area contributed by atoms with Crippen molar-refractivity contribution in [3.8, 4) is 0 Å². The van der Waals surface area contributed by atoms with Crippen LogP contribution < -0.4 is 0 Å². The van der Waals surface area contributed by atoms with Gasteiger partial charge in [0, 0.05) is 19.0 Å². The highest BCUT2D eigenvalue weighted by atomic mass is 35.5. The quantitative estimate of drug-likeness (QED) is 0.903. The number of hydrogen-bond donors (Lipinski definition) is 1. The van der Waals surface area contributed by atoms with E-state index in [9.17, 15) is 9.90 Å². The van der Waals surface area contributed by atoms with Crippen LogP contribution in [-0.2, 0) is 4.79 Å². The zero-order valence-electron chi connectivity index (χ0n) is 11.2. The fourth-order valence-corrected chi connectivity index (χ4v) is 2.26. The fraction of sp³-hybridized carbons (Fsp3) is 0.400. The van der Waals surface area contributed by atoms with Crippen molar-refractivity contribution in [2.75, 3.05) is 13.6 Å². The highest BCUT2D eigenvalue weighted by Crippen LogP contribution is 2.22. The molecule has 1 heterocycles. The molecule has 2 unspecified atom stereocenters. The van der Waals surface area contributed by atoms with Gasteiger partial charge < -0.3 is 5.11 Å². The van der Waals surface area contributed by atoms with Gasteiger partial charge in [0.15, 0.2) is 5.78 Å². The van der Waals surface area contributed by atoms with Crippen LogP contribution in [0, 0.1) is 0 Å². The van der Waals surface area contributed by atoms with Gasteiger partial charge in [0.25, 0.3) is 0 Å². The Morgan fingerprint density at radius 2 is 2.00 bits per heavy atom. The second-order valence-corrected chi connectivity index (χ2v) is 5.15. The lowest BCUT2D eigenvalue weighted by Crippen LogP contribution is -2.54. The normalized spacial score (nSPS) is 28.4. The van der Waals surface area contributed by atoms with E-state index in [-0.39, 0.29) is 24.2 Å². The number of piperidine rings is 1. The minimum atomic E-state index is -1.20. The number of likely N-dealkylation sites (tertiary alicyclic amines) is 1. The summed E-state index contributed by atoms with van der Waals surface area (Å²) in [5.74, 6) is -0.0803. The van der Waals surface area contributed by atoms with Crippen molar-refractivity contribution in [2.45, 2.75) is 25.0 Å². The summed E-state index contributed by atoms with van der Waals surface area (Å²) in [6.07, 6.45) is 4.42. The molecular weight excluding hydrogens is 262 g/mol. The van der Waals surface area contributed by atoms with E-state index in [0.29, 0.717) is 13.0 Å². The number of likely N-dealkylation sites (N-methyl/N-ethyl adjacent to an activating group) is 1. The molecule has 2 atom stereocenters. The fourth-order valence-electron chi connectivity index (χ4n) is 2.26. The first-order chi connectivity index (χ1) is 8.49. The first-order valence-electron chi connectivity index (χ1n) is 6.18. The maximum atomic E-state index is 11.8. The van der Waals surface area contributed by atoms with Gasteiger partial charge in [-0.2, -0.15) is 0 Å². The molecule has 1 aromatic carbocycles. The monoisotopic (exact) mass is 281 g/mol. The molecule has 104 valence electrons. The molecule has 1 saturated heterocycles. The number of carbonyl (C=O) groups is 1. The third kappa shape index (κ3) is 3.90. The third-order valence-electron chi connectivity index (χ3n) is 3.43. The van der Waals surface area contributed by atoms with Crippen molar-refractivity contribution >= 4 is 24.3 Å². The van der Waals surface area contributed by atoms with Gasteiger partial charge in [-0.25, -0.2) is 0 Å². The van der Waals surface area contributed by atoms with Crippen molar-refractivity contribution in [1.29, 1.82) is 0 Å². The lowest BCUT2D eigenvalue weighted by Gasteiger charge is -2.38. The Kier molecular flexibility index (Phi) is 5.29. The molecule has 0 bridgehead atoms. The van der Waals surface area contributed by atoms with Crippen LogP contribution >= 0.6 is 12.4 Å². The van der Waals surface area contributed by atoms with Crippen molar-refractivity contribution in [3.63, 3.8) is 0 Å². The van der Waals surface area contributed by atoms with Gasteiger partial charge in [-0.1, -0.05) is 42.5 Å². The van der Waals surface area contributed by atoms with E-state index in [1.54, 1.807) is 6.92 Å². The number of rotatable bonds is 2. The Morgan fingerprint density at radius 1 is 1.37 bits per heavy atom. The van der Waals surface area contributed by atoms with Crippen molar-refractivity contribution < 1.29 is 9.90 Å². The topological polar surface area (TPSA) is 40.5 Å². The second kappa shape index (κ2) is 6.33. The van der Waals surface area contributed by atoms with Crippen LogP contribution in [-0.4, -0.2) is 41.0 Å². The standard InChI is InChI=1S/C15H19NO2.ClH/c1-15(18)11-16(2)13(10-14(15)17)9-8-12-6-4-3-5-7-12;/h3-9,13,18H,10-11H2,1-2H3;1H/b9-8+;. The van der Waals surface area contributed by atoms with Crippen LogP contribution in [0.5, 0.6) is 0 Å². The predicted molar refractivity (Wildman–Crippen MR) is 79.4 cm³/mol. The van der Waals surface area contributed by atoms with Crippen LogP contribution in [0.4, 0.5) is 0 Å². The molecule has 0 amide bonds. The molecule has 1 aromatic rings. The largest absolute Gasteiger partial charge is 0.381 e. The summed E-state index contributed by atoms with van der Waals surface area (Å²) in [5.41, 5.74) is -0.0815. The summed E-state index contributed by atoms with van der Waals surface area (Å²) in [6, 6.07) is 10.1. The van der Waals surface area contributed by atoms with E-state index in [4.69, 9.17) is 0 Å². The van der Waals surface area contributed by atoms with E-state index >= 15 is 0 Å². The van der Waals surface area contributed by atoms with E-state index in [2.05, 4.69) is 0 Å². The molecule has 0 radical (unpaired) electrons. The Balaban J connectivity index is 0.00000180. The predicted octanol–water partition coefficient (Wildman–Crippen LogP) is 2.15. The number of nitrogens with zero attached hydrogens (tertiary/aromatic N) is 1. The summed E-state index contributed by atoms with van der Waals surface area (Å²) in [6.45, 7) is 1.97. The first-order valence-corrected chi connectivity index (χ1v) is 6.18. The second-order valence-electron chi connectivity index (χ2n) is 5.15. The number of Topliss-reactive ketones (excluding diaryl/α,β-unsaturated/α-hetero) is 1. The van der Waals surface area contributed by atoms with Gasteiger partial charge in [-0.05, 0) is 19.5 Å². The third-order valence-corrected chi connectivity index (χ3v) is 3.43. The Hall–Kier alpha value is -1.16. The summed E-state index contributed by atoms with van der Waals surface area (Å²) < 4.78 is 0. The number of hydrogen-bond acceptors (Lipinski definition) is 3. The Morgan fingerprint density at radius 3 is 2.63 bits per heavy atom. The molecule has 1 fully saturated rings. The van der Waals surface area contributed by atoms with Crippen LogP contribution in [0.2, 0.25) is 0 Å². The zero-order chi connectivity index (χ0) is 13.2. The van der Waals surface area contributed by atoms with E-state index < -0.39 is 5.60 Å². The maximum absolute atomic E-state index is 11.8. The van der Waals surface area contributed by atoms with Gasteiger partial charge in [0.2, 0.25) is 0 Å². The van der Waals surface area contributed by atoms with Crippen LogP contribution in [0.15, 0.2) is 36.4 Å². The molecule has 0 aromatic heterocycles. The molecule has 0 spiro atoms. The number of halogens is 1. The smallest absolute Gasteiger partial charge is 0.167 e. The number of aliphatic hydroxyl groups is 1. The number of ketones is 1. The van der Waals surface area contributed by atoms with E-state index in [1.807, 2.05) is 54.4 Å². The van der Waals surface area contributed by atoms with Crippen molar-refractivity contribution in [1.82, 2.24) is 4.90 Å². The summed E-state index contributed by atoms with van der Waals surface area (Å²) in [5, 5.41) is 9.90. The minimum Gasteiger partial charge on any atom is -0.381 e. The summed E-state index contributed by atoms with van der Waals surface area (Å²) in [7, 11) is 1.93. The number of β-amino-alcohol motifs (C(OH)–C–C–N with tert-alkyl or cyclic N) is 1. The molecule has 2 rings (SSSR count). The average molecular weight is 282 g/mol. The molecular formula is C15H20ClNO2. The maximum Gasteiger partial charge on any atom is 0.167 e. The van der Waals surface area contributed by atoms with E-state index in [1.165, 1.54) is 0 Å². The molecule has 0 saturated carbocycles.